The van der Waals surface area contributed by atoms with Crippen LogP contribution in [-0.4, -0.2) is 9.38 Å². The molecule has 0 bridgehead atoms. The van der Waals surface area contributed by atoms with E-state index in [1.165, 1.54) is 5.56 Å². The number of nitrogens with two attached hydrogens (primary N) is 1. The first kappa shape index (κ1) is 11.7. The molecule has 0 unspecified atom stereocenters. The highest BCUT2D eigenvalue weighted by atomic mass is 15.0. The molecule has 0 amide bonds. The number of benzene rings is 1. The molecule has 0 fully saturated rings. The predicted molar refractivity (Wildman–Crippen MR) is 76.6 cm³/mol. The maximum absolute atomic E-state index is 5.66. The van der Waals surface area contributed by atoms with Crippen LogP contribution in [0.25, 0.3) is 5.65 Å². The van der Waals surface area contributed by atoms with Gasteiger partial charge < -0.3 is 15.5 Å². The van der Waals surface area contributed by atoms with Crippen LogP contribution in [0.4, 0.5) is 5.69 Å². The Balaban J connectivity index is 1.65. The Morgan fingerprint density at radius 2 is 1.89 bits per heavy atom. The number of imidazole rings is 1. The van der Waals surface area contributed by atoms with Gasteiger partial charge in [-0.3, -0.25) is 0 Å². The van der Waals surface area contributed by atoms with Crippen molar-refractivity contribution in [1.29, 1.82) is 0 Å². The summed E-state index contributed by atoms with van der Waals surface area (Å²) in [6.07, 6.45) is 3.94. The highest BCUT2D eigenvalue weighted by molar-refractivity contribution is 5.40. The molecule has 0 aliphatic rings. The Morgan fingerprint density at radius 3 is 2.74 bits per heavy atom. The minimum atomic E-state index is 0.787. The Hall–Kier alpha value is -2.33. The fourth-order valence-corrected chi connectivity index (χ4v) is 2.09. The second-order valence-corrected chi connectivity index (χ2v) is 4.52. The minimum absolute atomic E-state index is 0.787. The van der Waals surface area contributed by atoms with Crippen LogP contribution in [0.15, 0.2) is 54.9 Å². The van der Waals surface area contributed by atoms with Crippen LogP contribution < -0.4 is 11.1 Å². The third kappa shape index (κ3) is 2.58. The lowest BCUT2D eigenvalue weighted by Gasteiger charge is -2.05. The zero-order chi connectivity index (χ0) is 13.1. The maximum Gasteiger partial charge on any atom is 0.136 e. The summed E-state index contributed by atoms with van der Waals surface area (Å²) in [5, 5.41) is 3.41. The summed E-state index contributed by atoms with van der Waals surface area (Å²) in [5.41, 5.74) is 9.82. The van der Waals surface area contributed by atoms with Crippen molar-refractivity contribution in [1.82, 2.24) is 14.7 Å². The highest BCUT2D eigenvalue weighted by Crippen LogP contribution is 2.07. The summed E-state index contributed by atoms with van der Waals surface area (Å²) in [7, 11) is 0. The summed E-state index contributed by atoms with van der Waals surface area (Å²) in [5.74, 6) is 0. The molecule has 0 spiro atoms. The molecule has 2 heterocycles. The van der Waals surface area contributed by atoms with Gasteiger partial charge in [0.25, 0.3) is 0 Å². The predicted octanol–water partition coefficient (Wildman–Crippen LogP) is 2.21. The van der Waals surface area contributed by atoms with Crippen molar-refractivity contribution in [3.63, 3.8) is 0 Å². The molecule has 0 aliphatic heterocycles. The lowest BCUT2D eigenvalue weighted by Crippen LogP contribution is -2.14. The van der Waals surface area contributed by atoms with Crippen LogP contribution >= 0.6 is 0 Å². The van der Waals surface area contributed by atoms with Gasteiger partial charge in [0, 0.05) is 25.0 Å². The largest absolute Gasteiger partial charge is 0.399 e. The van der Waals surface area contributed by atoms with Gasteiger partial charge in [0.1, 0.15) is 5.65 Å². The van der Waals surface area contributed by atoms with E-state index in [2.05, 4.69) is 14.7 Å². The average molecular weight is 252 g/mol. The average Bonchev–Trinajstić information content (AvgIpc) is 2.85. The fourth-order valence-electron chi connectivity index (χ4n) is 2.09. The van der Waals surface area contributed by atoms with Crippen LogP contribution in [0.3, 0.4) is 0 Å². The van der Waals surface area contributed by atoms with Crippen LogP contribution in [0.1, 0.15) is 11.3 Å². The number of pyridine rings is 1. The standard InChI is InChI=1S/C15H16N4/c16-13-6-4-12(5-7-13)9-17-10-14-11-18-15-3-1-2-8-19(14)15/h1-8,11,17H,9-10,16H2. The van der Waals surface area contributed by atoms with Crippen molar-refractivity contribution in [2.45, 2.75) is 13.1 Å². The Kier molecular flexibility index (Phi) is 3.16. The van der Waals surface area contributed by atoms with E-state index in [0.717, 1.165) is 30.1 Å². The third-order valence-corrected chi connectivity index (χ3v) is 3.11. The highest BCUT2D eigenvalue weighted by Gasteiger charge is 2.01. The molecule has 3 aromatic rings. The van der Waals surface area contributed by atoms with Gasteiger partial charge in [-0.15, -0.1) is 0 Å². The molecule has 2 aromatic heterocycles. The van der Waals surface area contributed by atoms with Crippen molar-refractivity contribution in [3.05, 3.63) is 66.1 Å². The molecular weight excluding hydrogens is 236 g/mol. The Bertz CT molecular complexity index is 670. The van der Waals surface area contributed by atoms with E-state index in [1.807, 2.05) is 54.9 Å². The quantitative estimate of drug-likeness (QED) is 0.700. The first-order valence-electron chi connectivity index (χ1n) is 6.29. The summed E-state index contributed by atoms with van der Waals surface area (Å²) in [6.45, 7) is 1.61. The topological polar surface area (TPSA) is 55.3 Å². The van der Waals surface area contributed by atoms with Crippen LogP contribution in [-0.2, 0) is 13.1 Å². The van der Waals surface area contributed by atoms with Crippen molar-refractivity contribution in [3.8, 4) is 0 Å². The number of aromatic nitrogens is 2. The van der Waals surface area contributed by atoms with Gasteiger partial charge in [0.15, 0.2) is 0 Å². The van der Waals surface area contributed by atoms with E-state index < -0.39 is 0 Å². The smallest absolute Gasteiger partial charge is 0.136 e. The third-order valence-electron chi connectivity index (χ3n) is 3.11. The van der Waals surface area contributed by atoms with Crippen LogP contribution in [0.5, 0.6) is 0 Å². The van der Waals surface area contributed by atoms with Gasteiger partial charge >= 0.3 is 0 Å². The van der Waals surface area contributed by atoms with Crippen LogP contribution in [0.2, 0.25) is 0 Å². The molecule has 4 heteroatoms. The second kappa shape index (κ2) is 5.12. The van der Waals surface area contributed by atoms with Crippen molar-refractivity contribution >= 4 is 11.3 Å². The molecule has 4 nitrogen and oxygen atoms in total. The van der Waals surface area contributed by atoms with Crippen LogP contribution in [0, 0.1) is 0 Å². The van der Waals surface area contributed by atoms with Crippen molar-refractivity contribution in [2.75, 3.05) is 5.73 Å². The van der Waals surface area contributed by atoms with Gasteiger partial charge in [0.05, 0.1) is 11.9 Å². The first-order valence-corrected chi connectivity index (χ1v) is 6.29. The summed E-state index contributed by atoms with van der Waals surface area (Å²) in [6, 6.07) is 13.9. The molecule has 3 rings (SSSR count). The zero-order valence-electron chi connectivity index (χ0n) is 10.6. The fraction of sp³-hybridized carbons (Fsp3) is 0.133. The zero-order valence-corrected chi connectivity index (χ0v) is 10.6. The molecule has 19 heavy (non-hydrogen) atoms. The number of fused-ring (bicyclic) bond motifs is 1. The number of hydrogen-bond donors (Lipinski definition) is 2. The Labute approximate surface area is 111 Å². The number of nitrogens with one attached hydrogen (secondary N) is 1. The molecule has 0 saturated heterocycles. The van der Waals surface area contributed by atoms with E-state index in [9.17, 15) is 0 Å². The van der Waals surface area contributed by atoms with E-state index >= 15 is 0 Å². The number of anilines is 1. The van der Waals surface area contributed by atoms with E-state index in [-0.39, 0.29) is 0 Å². The second-order valence-electron chi connectivity index (χ2n) is 4.52. The lowest BCUT2D eigenvalue weighted by atomic mass is 10.2. The molecule has 0 atom stereocenters. The number of rotatable bonds is 4. The Morgan fingerprint density at radius 1 is 1.05 bits per heavy atom. The van der Waals surface area contributed by atoms with E-state index in [0.29, 0.717) is 0 Å². The first-order chi connectivity index (χ1) is 9.33. The summed E-state index contributed by atoms with van der Waals surface area (Å²) < 4.78 is 2.09. The molecule has 96 valence electrons. The summed E-state index contributed by atoms with van der Waals surface area (Å²) >= 11 is 0. The molecule has 1 aromatic carbocycles. The molecule has 0 aliphatic carbocycles. The van der Waals surface area contributed by atoms with Gasteiger partial charge in [-0.1, -0.05) is 18.2 Å². The monoisotopic (exact) mass is 252 g/mol. The lowest BCUT2D eigenvalue weighted by molar-refractivity contribution is 0.675. The van der Waals surface area contributed by atoms with Gasteiger partial charge in [0.2, 0.25) is 0 Å². The number of nitrogen functional groups attached to an aromatic ring is 1. The van der Waals surface area contributed by atoms with E-state index in [1.54, 1.807) is 0 Å². The maximum atomic E-state index is 5.66. The van der Waals surface area contributed by atoms with Gasteiger partial charge in [-0.05, 0) is 29.8 Å². The minimum Gasteiger partial charge on any atom is -0.399 e. The normalized spacial score (nSPS) is 10.9. The van der Waals surface area contributed by atoms with Gasteiger partial charge in [-0.25, -0.2) is 4.98 Å². The molecule has 3 N–H and O–H groups in total. The van der Waals surface area contributed by atoms with Gasteiger partial charge in [-0.2, -0.15) is 0 Å². The number of nitrogens with zero attached hydrogens (tertiary/aromatic N) is 2. The molecular formula is C15H16N4. The number of hydrogen-bond acceptors (Lipinski definition) is 3. The van der Waals surface area contributed by atoms with Crippen molar-refractivity contribution in [2.24, 2.45) is 0 Å². The summed E-state index contributed by atoms with van der Waals surface area (Å²) in [4.78, 5) is 4.36. The van der Waals surface area contributed by atoms with Crippen molar-refractivity contribution < 1.29 is 0 Å². The SMILES string of the molecule is Nc1ccc(CNCc2cnc3ccccn23)cc1. The molecule has 0 saturated carbocycles. The molecule has 0 radical (unpaired) electrons. The van der Waals surface area contributed by atoms with E-state index in [4.69, 9.17) is 5.73 Å².